The number of hydrogen-bond donors (Lipinski definition) is 2. The molecule has 3 aromatic rings. The van der Waals surface area contributed by atoms with Crippen molar-refractivity contribution >= 4 is 22.7 Å². The van der Waals surface area contributed by atoms with E-state index in [2.05, 4.69) is 15.3 Å². The summed E-state index contributed by atoms with van der Waals surface area (Å²) in [6.07, 6.45) is -0.0264. The highest BCUT2D eigenvalue weighted by Crippen LogP contribution is 2.26. The first-order valence-corrected chi connectivity index (χ1v) is 7.40. The molecule has 0 unspecified atom stereocenters. The van der Waals surface area contributed by atoms with E-state index in [0.29, 0.717) is 11.6 Å². The highest BCUT2D eigenvalue weighted by Gasteiger charge is 2.17. The Bertz CT molecular complexity index is 834. The molecule has 116 valence electrons. The molecular formula is C18H17N3O2. The lowest BCUT2D eigenvalue weighted by Crippen LogP contribution is -2.16. The van der Waals surface area contributed by atoms with Crippen LogP contribution in [-0.2, 0) is 4.79 Å². The Hall–Kier alpha value is -2.95. The summed E-state index contributed by atoms with van der Waals surface area (Å²) in [5.74, 6) is 0.443. The van der Waals surface area contributed by atoms with Crippen molar-refractivity contribution in [2.45, 2.75) is 19.4 Å². The van der Waals surface area contributed by atoms with Gasteiger partial charge in [-0.15, -0.1) is 0 Å². The molecule has 5 heteroatoms. The number of anilines is 1. The number of nitrogens with one attached hydrogen (secondary N) is 1. The Morgan fingerprint density at radius 2 is 1.78 bits per heavy atom. The number of benzene rings is 2. The summed E-state index contributed by atoms with van der Waals surface area (Å²) < 4.78 is 0. The number of aromatic nitrogens is 2. The van der Waals surface area contributed by atoms with Crippen molar-refractivity contribution in [1.82, 2.24) is 9.97 Å². The summed E-state index contributed by atoms with van der Waals surface area (Å²) in [5.41, 5.74) is 1.75. The molecule has 1 aromatic heterocycles. The third kappa shape index (κ3) is 3.45. The van der Waals surface area contributed by atoms with Crippen molar-refractivity contribution < 1.29 is 9.90 Å². The second kappa shape index (κ2) is 6.44. The molecular weight excluding hydrogens is 290 g/mol. The van der Waals surface area contributed by atoms with E-state index in [-0.39, 0.29) is 12.5 Å². The van der Waals surface area contributed by atoms with Crippen LogP contribution >= 0.6 is 0 Å². The molecule has 2 aromatic carbocycles. The number of carbonyl (C=O) groups is 1. The lowest BCUT2D eigenvalue weighted by atomic mass is 10.0. The number of nitrogens with zero attached hydrogens (tertiary/aromatic N) is 2. The average Bonchev–Trinajstić information content (AvgIpc) is 2.54. The predicted molar refractivity (Wildman–Crippen MR) is 89.3 cm³/mol. The molecule has 1 atom stereocenters. The monoisotopic (exact) mass is 307 g/mol. The SMILES string of the molecule is Cc1nc(N[C@H](CC(=O)O)c2ccccc2)c2ccccc2n1. The van der Waals surface area contributed by atoms with Crippen molar-refractivity contribution in [3.8, 4) is 0 Å². The number of aliphatic carboxylic acids is 1. The van der Waals surface area contributed by atoms with E-state index in [0.717, 1.165) is 16.5 Å². The zero-order valence-corrected chi connectivity index (χ0v) is 12.7. The average molecular weight is 307 g/mol. The molecule has 0 spiro atoms. The Morgan fingerprint density at radius 1 is 1.09 bits per heavy atom. The third-order valence-corrected chi connectivity index (χ3v) is 3.61. The summed E-state index contributed by atoms with van der Waals surface area (Å²) in [4.78, 5) is 20.1. The van der Waals surface area contributed by atoms with Gasteiger partial charge in [-0.1, -0.05) is 42.5 Å². The van der Waals surface area contributed by atoms with Gasteiger partial charge in [0.15, 0.2) is 0 Å². The van der Waals surface area contributed by atoms with E-state index in [1.165, 1.54) is 0 Å². The van der Waals surface area contributed by atoms with Gasteiger partial charge in [0.25, 0.3) is 0 Å². The quantitative estimate of drug-likeness (QED) is 0.753. The maximum Gasteiger partial charge on any atom is 0.305 e. The molecule has 0 aliphatic heterocycles. The molecule has 0 amide bonds. The van der Waals surface area contributed by atoms with Gasteiger partial charge in [0.1, 0.15) is 11.6 Å². The molecule has 0 saturated carbocycles. The van der Waals surface area contributed by atoms with Crippen LogP contribution < -0.4 is 5.32 Å². The normalized spacial score (nSPS) is 12.0. The van der Waals surface area contributed by atoms with Gasteiger partial charge in [0, 0.05) is 5.39 Å². The smallest absolute Gasteiger partial charge is 0.305 e. The minimum absolute atomic E-state index is 0.0264. The molecule has 0 bridgehead atoms. The fourth-order valence-corrected chi connectivity index (χ4v) is 2.58. The maximum absolute atomic E-state index is 11.2. The topological polar surface area (TPSA) is 75.1 Å². The Balaban J connectivity index is 2.02. The first kappa shape index (κ1) is 15.0. The van der Waals surface area contributed by atoms with E-state index in [4.69, 9.17) is 0 Å². The fourth-order valence-electron chi connectivity index (χ4n) is 2.58. The summed E-state index contributed by atoms with van der Waals surface area (Å²) in [6, 6.07) is 16.9. The number of rotatable bonds is 5. The van der Waals surface area contributed by atoms with Gasteiger partial charge < -0.3 is 10.4 Å². The molecule has 1 heterocycles. The second-order valence-corrected chi connectivity index (χ2v) is 5.34. The molecule has 0 aliphatic carbocycles. The van der Waals surface area contributed by atoms with Gasteiger partial charge in [-0.3, -0.25) is 4.79 Å². The summed E-state index contributed by atoms with van der Waals surface area (Å²) in [7, 11) is 0. The fraction of sp³-hybridized carbons (Fsp3) is 0.167. The van der Waals surface area contributed by atoms with Crippen LogP contribution in [0.4, 0.5) is 5.82 Å². The second-order valence-electron chi connectivity index (χ2n) is 5.34. The van der Waals surface area contributed by atoms with Gasteiger partial charge >= 0.3 is 5.97 Å². The summed E-state index contributed by atoms with van der Waals surface area (Å²) in [6.45, 7) is 1.83. The molecule has 0 saturated heterocycles. The lowest BCUT2D eigenvalue weighted by Gasteiger charge is -2.19. The van der Waals surface area contributed by atoms with Crippen LogP contribution in [0.2, 0.25) is 0 Å². The number of aryl methyl sites for hydroxylation is 1. The van der Waals surface area contributed by atoms with E-state index in [9.17, 15) is 9.90 Å². The first-order valence-electron chi connectivity index (χ1n) is 7.40. The molecule has 0 aliphatic rings. The van der Waals surface area contributed by atoms with Crippen molar-refractivity contribution in [1.29, 1.82) is 0 Å². The predicted octanol–water partition coefficient (Wildman–Crippen LogP) is 3.57. The first-order chi connectivity index (χ1) is 11.1. The molecule has 3 rings (SSSR count). The van der Waals surface area contributed by atoms with Crippen LogP contribution in [0.3, 0.4) is 0 Å². The highest BCUT2D eigenvalue weighted by molar-refractivity contribution is 5.89. The van der Waals surface area contributed by atoms with Crippen LogP contribution in [0, 0.1) is 6.92 Å². The van der Waals surface area contributed by atoms with E-state index < -0.39 is 5.97 Å². The van der Waals surface area contributed by atoms with Crippen LogP contribution in [0.1, 0.15) is 23.9 Å². The van der Waals surface area contributed by atoms with Crippen LogP contribution in [0.15, 0.2) is 54.6 Å². The van der Waals surface area contributed by atoms with Gasteiger partial charge in [-0.2, -0.15) is 0 Å². The van der Waals surface area contributed by atoms with Gasteiger partial charge in [-0.25, -0.2) is 9.97 Å². The van der Waals surface area contributed by atoms with Gasteiger partial charge in [-0.05, 0) is 24.6 Å². The standard InChI is InChI=1S/C18H17N3O2/c1-12-19-15-10-6-5-9-14(15)18(20-12)21-16(11-17(22)23)13-7-3-2-4-8-13/h2-10,16H,11H2,1H3,(H,22,23)(H,19,20,21)/t16-/m1/s1. The number of carboxylic acid groups (broad SMARTS) is 1. The zero-order valence-electron chi connectivity index (χ0n) is 12.7. The zero-order chi connectivity index (χ0) is 16.2. The number of para-hydroxylation sites is 1. The maximum atomic E-state index is 11.2. The summed E-state index contributed by atoms with van der Waals surface area (Å²) >= 11 is 0. The minimum atomic E-state index is -0.860. The molecule has 0 radical (unpaired) electrons. The summed E-state index contributed by atoms with van der Waals surface area (Å²) in [5, 5.41) is 13.4. The van der Waals surface area contributed by atoms with Crippen molar-refractivity contribution in [3.63, 3.8) is 0 Å². The largest absolute Gasteiger partial charge is 0.481 e. The van der Waals surface area contributed by atoms with E-state index >= 15 is 0 Å². The van der Waals surface area contributed by atoms with Crippen LogP contribution in [-0.4, -0.2) is 21.0 Å². The third-order valence-electron chi connectivity index (χ3n) is 3.61. The molecule has 5 nitrogen and oxygen atoms in total. The Morgan fingerprint density at radius 3 is 2.52 bits per heavy atom. The Labute approximate surface area is 134 Å². The molecule has 0 fully saturated rings. The minimum Gasteiger partial charge on any atom is -0.481 e. The number of fused-ring (bicyclic) bond motifs is 1. The number of hydrogen-bond acceptors (Lipinski definition) is 4. The van der Waals surface area contributed by atoms with E-state index in [1.54, 1.807) is 0 Å². The highest BCUT2D eigenvalue weighted by atomic mass is 16.4. The van der Waals surface area contributed by atoms with Gasteiger partial charge in [0.05, 0.1) is 18.0 Å². The molecule has 2 N–H and O–H groups in total. The van der Waals surface area contributed by atoms with Crippen molar-refractivity contribution in [2.24, 2.45) is 0 Å². The van der Waals surface area contributed by atoms with Crippen LogP contribution in [0.25, 0.3) is 10.9 Å². The van der Waals surface area contributed by atoms with Gasteiger partial charge in [0.2, 0.25) is 0 Å². The van der Waals surface area contributed by atoms with Crippen molar-refractivity contribution in [2.75, 3.05) is 5.32 Å². The molecule has 23 heavy (non-hydrogen) atoms. The number of carboxylic acids is 1. The lowest BCUT2D eigenvalue weighted by molar-refractivity contribution is -0.137. The van der Waals surface area contributed by atoms with Crippen LogP contribution in [0.5, 0.6) is 0 Å². The Kier molecular flexibility index (Phi) is 4.19. The van der Waals surface area contributed by atoms with Crippen molar-refractivity contribution in [3.05, 3.63) is 66.0 Å². The van der Waals surface area contributed by atoms with E-state index in [1.807, 2.05) is 61.5 Å².